The first-order valence-corrected chi connectivity index (χ1v) is 2.67. The van der Waals surface area contributed by atoms with Crippen molar-refractivity contribution in [3.05, 3.63) is 24.2 Å². The molecule has 0 aromatic carbocycles. The van der Waals surface area contributed by atoms with E-state index in [1.807, 2.05) is 19.1 Å². The highest BCUT2D eigenvalue weighted by Crippen LogP contribution is 2.05. The van der Waals surface area contributed by atoms with Crippen LogP contribution in [0.1, 0.15) is 18.7 Å². The Balaban J connectivity index is 2.77. The van der Waals surface area contributed by atoms with Gasteiger partial charge in [0.2, 0.25) is 0 Å². The number of furan rings is 1. The van der Waals surface area contributed by atoms with E-state index in [0.717, 1.165) is 5.76 Å². The molecule has 0 saturated heterocycles. The largest absolute Gasteiger partial charge is 0.463 e. The Bertz CT molecular complexity index is 144. The van der Waals surface area contributed by atoms with Gasteiger partial charge in [0.15, 0.2) is 5.76 Å². The number of hydrogen-bond donors (Lipinski definition) is 1. The van der Waals surface area contributed by atoms with Crippen molar-refractivity contribution in [1.29, 1.82) is 0 Å². The summed E-state index contributed by atoms with van der Waals surface area (Å²) in [5.41, 5.74) is 3.79. The molecular weight excluding hydrogens is 102 g/mol. The van der Waals surface area contributed by atoms with Gasteiger partial charge in [0.05, 0.1) is 6.26 Å². The Morgan fingerprint density at radius 1 is 1.75 bits per heavy atom. The van der Waals surface area contributed by atoms with Crippen molar-refractivity contribution in [3.63, 3.8) is 0 Å². The van der Waals surface area contributed by atoms with Crippen molar-refractivity contribution >= 4 is 0 Å². The minimum Gasteiger partial charge on any atom is -0.463 e. The fraction of sp³-hybridized carbons (Fsp3) is 0.333. The van der Waals surface area contributed by atoms with Crippen molar-refractivity contribution in [2.75, 3.05) is 0 Å². The zero-order valence-electron chi connectivity index (χ0n) is 4.92. The van der Waals surface area contributed by atoms with Gasteiger partial charge in [-0.3, -0.25) is 0 Å². The van der Waals surface area contributed by atoms with Gasteiger partial charge in [0.25, 0.3) is 0 Å². The van der Waals surface area contributed by atoms with E-state index < -0.39 is 0 Å². The predicted octanol–water partition coefficient (Wildman–Crippen LogP) is 0.583. The molecule has 1 rings (SSSR count). The molecule has 0 aliphatic heterocycles. The maximum atomic E-state index is 5.03. The molecule has 0 fully saturated rings. The topological polar surface area (TPSA) is 40.8 Å². The standard InChI is InChI=1S/C6H9NO/c1-5(7)6-3-2-4-8-6/h2-5H,7H2,1H3/p+1/t5-/m0/s1. The second kappa shape index (κ2) is 2.01. The van der Waals surface area contributed by atoms with Crippen molar-refractivity contribution in [2.45, 2.75) is 13.0 Å². The van der Waals surface area contributed by atoms with Crippen LogP contribution in [0.5, 0.6) is 0 Å². The smallest absolute Gasteiger partial charge is 0.160 e. The van der Waals surface area contributed by atoms with Crippen LogP contribution >= 0.6 is 0 Å². The van der Waals surface area contributed by atoms with Crippen LogP contribution in [0.4, 0.5) is 0 Å². The van der Waals surface area contributed by atoms with Gasteiger partial charge >= 0.3 is 0 Å². The quantitative estimate of drug-likeness (QED) is 0.567. The Hall–Kier alpha value is -0.760. The lowest BCUT2D eigenvalue weighted by Gasteiger charge is -1.91. The van der Waals surface area contributed by atoms with Gasteiger partial charge in [-0.05, 0) is 19.1 Å². The van der Waals surface area contributed by atoms with Crippen LogP contribution in [0.15, 0.2) is 22.8 Å². The summed E-state index contributed by atoms with van der Waals surface area (Å²) in [7, 11) is 0. The first-order valence-electron chi connectivity index (χ1n) is 2.67. The summed E-state index contributed by atoms with van der Waals surface area (Å²) in [6, 6.07) is 4.07. The summed E-state index contributed by atoms with van der Waals surface area (Å²) in [6.45, 7) is 2.00. The molecule has 3 N–H and O–H groups in total. The average molecular weight is 112 g/mol. The second-order valence-electron chi connectivity index (χ2n) is 1.92. The summed E-state index contributed by atoms with van der Waals surface area (Å²) >= 11 is 0. The Morgan fingerprint density at radius 3 is 2.75 bits per heavy atom. The normalized spacial score (nSPS) is 13.8. The maximum absolute atomic E-state index is 5.03. The van der Waals surface area contributed by atoms with Crippen molar-refractivity contribution in [1.82, 2.24) is 0 Å². The van der Waals surface area contributed by atoms with Crippen LogP contribution in [0.2, 0.25) is 0 Å². The maximum Gasteiger partial charge on any atom is 0.160 e. The molecule has 44 valence electrons. The fourth-order valence-corrected chi connectivity index (χ4v) is 0.572. The summed E-state index contributed by atoms with van der Waals surface area (Å²) in [4.78, 5) is 0. The van der Waals surface area contributed by atoms with Crippen molar-refractivity contribution in [2.24, 2.45) is 0 Å². The van der Waals surface area contributed by atoms with Crippen LogP contribution in [0.3, 0.4) is 0 Å². The highest BCUT2D eigenvalue weighted by molar-refractivity contribution is 4.99. The monoisotopic (exact) mass is 112 g/mol. The fourth-order valence-electron chi connectivity index (χ4n) is 0.572. The van der Waals surface area contributed by atoms with Crippen LogP contribution in [0.25, 0.3) is 0 Å². The van der Waals surface area contributed by atoms with Crippen LogP contribution in [0, 0.1) is 0 Å². The van der Waals surface area contributed by atoms with E-state index in [1.165, 1.54) is 0 Å². The van der Waals surface area contributed by atoms with Gasteiger partial charge < -0.3 is 10.2 Å². The summed E-state index contributed by atoms with van der Waals surface area (Å²) < 4.78 is 5.03. The molecule has 2 nitrogen and oxygen atoms in total. The minimum absolute atomic E-state index is 0.269. The van der Waals surface area contributed by atoms with Crippen LogP contribution in [-0.4, -0.2) is 0 Å². The molecule has 1 atom stereocenters. The van der Waals surface area contributed by atoms with Gasteiger partial charge in [-0.2, -0.15) is 0 Å². The summed E-state index contributed by atoms with van der Waals surface area (Å²) in [6.07, 6.45) is 1.66. The second-order valence-corrected chi connectivity index (χ2v) is 1.92. The molecule has 0 unspecified atom stereocenters. The molecule has 0 saturated carbocycles. The van der Waals surface area contributed by atoms with E-state index in [9.17, 15) is 0 Å². The molecule has 0 spiro atoms. The van der Waals surface area contributed by atoms with E-state index in [0.29, 0.717) is 0 Å². The highest BCUT2D eigenvalue weighted by atomic mass is 16.3. The number of rotatable bonds is 1. The zero-order chi connectivity index (χ0) is 5.98. The van der Waals surface area contributed by atoms with E-state index >= 15 is 0 Å². The lowest BCUT2D eigenvalue weighted by atomic mass is 10.3. The van der Waals surface area contributed by atoms with Crippen molar-refractivity contribution < 1.29 is 10.2 Å². The first-order chi connectivity index (χ1) is 3.80. The molecule has 0 aliphatic rings. The molecule has 2 heteroatoms. The first kappa shape index (κ1) is 5.38. The van der Waals surface area contributed by atoms with E-state index in [-0.39, 0.29) is 6.04 Å². The SMILES string of the molecule is C[C@H]([NH3+])c1ccco1. The lowest BCUT2D eigenvalue weighted by Crippen LogP contribution is -2.51. The van der Waals surface area contributed by atoms with E-state index in [2.05, 4.69) is 5.73 Å². The number of hydrogen-bond acceptors (Lipinski definition) is 1. The summed E-state index contributed by atoms with van der Waals surface area (Å²) in [5.74, 6) is 0.949. The van der Waals surface area contributed by atoms with Crippen LogP contribution in [-0.2, 0) is 0 Å². The average Bonchev–Trinajstić information content (AvgIpc) is 2.12. The van der Waals surface area contributed by atoms with Gasteiger partial charge in [-0.15, -0.1) is 0 Å². The highest BCUT2D eigenvalue weighted by Gasteiger charge is 2.02. The molecule has 1 aromatic heterocycles. The molecule has 1 aromatic rings. The van der Waals surface area contributed by atoms with Gasteiger partial charge in [0.1, 0.15) is 6.04 Å². The van der Waals surface area contributed by atoms with Crippen molar-refractivity contribution in [3.8, 4) is 0 Å². The molecule has 8 heavy (non-hydrogen) atoms. The van der Waals surface area contributed by atoms with Gasteiger partial charge in [-0.1, -0.05) is 0 Å². The summed E-state index contributed by atoms with van der Waals surface area (Å²) in [5, 5.41) is 0. The Morgan fingerprint density at radius 2 is 2.50 bits per heavy atom. The predicted molar refractivity (Wildman–Crippen MR) is 30.0 cm³/mol. The molecule has 0 bridgehead atoms. The van der Waals surface area contributed by atoms with Gasteiger partial charge in [0, 0.05) is 0 Å². The molecule has 0 aliphatic carbocycles. The third-order valence-corrected chi connectivity index (χ3v) is 1.03. The molecule has 0 amide bonds. The van der Waals surface area contributed by atoms with Crippen LogP contribution < -0.4 is 5.73 Å². The zero-order valence-corrected chi connectivity index (χ0v) is 4.92. The Labute approximate surface area is 48.3 Å². The lowest BCUT2D eigenvalue weighted by molar-refractivity contribution is -0.424. The number of quaternary nitrogens is 1. The third-order valence-electron chi connectivity index (χ3n) is 1.03. The minimum atomic E-state index is 0.269. The van der Waals surface area contributed by atoms with E-state index in [4.69, 9.17) is 4.42 Å². The Kier molecular flexibility index (Phi) is 1.35. The molecule has 1 heterocycles. The third kappa shape index (κ3) is 0.898. The molecule has 0 radical (unpaired) electrons. The van der Waals surface area contributed by atoms with E-state index in [1.54, 1.807) is 6.26 Å². The van der Waals surface area contributed by atoms with Gasteiger partial charge in [-0.25, -0.2) is 0 Å². The molecular formula is C6H10NO+.